The van der Waals surface area contributed by atoms with Crippen LogP contribution in [0, 0.1) is 10.1 Å². The van der Waals surface area contributed by atoms with Gasteiger partial charge in [-0.05, 0) is 44.1 Å². The minimum Gasteiger partial charge on any atom is -0.317 e. The van der Waals surface area contributed by atoms with Gasteiger partial charge in [0.2, 0.25) is 0 Å². The fourth-order valence-corrected chi connectivity index (χ4v) is 4.86. The van der Waals surface area contributed by atoms with Crippen molar-refractivity contribution in [3.63, 3.8) is 0 Å². The van der Waals surface area contributed by atoms with Gasteiger partial charge < -0.3 is 5.32 Å². The third-order valence-electron chi connectivity index (χ3n) is 4.14. The molecule has 3 rings (SSSR count). The zero-order valence-electron chi connectivity index (χ0n) is 13.4. The summed E-state index contributed by atoms with van der Waals surface area (Å²) in [5.41, 5.74) is -0.0159. The lowest BCUT2D eigenvalue weighted by Gasteiger charge is -2.35. The molecule has 0 bridgehead atoms. The smallest absolute Gasteiger partial charge is 0.289 e. The van der Waals surface area contributed by atoms with Crippen molar-refractivity contribution in [2.24, 2.45) is 0 Å². The fourth-order valence-electron chi connectivity index (χ4n) is 3.00. The number of nitrogens with one attached hydrogen (secondary N) is 1. The molecule has 1 saturated heterocycles. The first-order valence-electron chi connectivity index (χ1n) is 7.90. The molecule has 1 aromatic carbocycles. The van der Waals surface area contributed by atoms with Crippen LogP contribution in [0.2, 0.25) is 0 Å². The second-order valence-electron chi connectivity index (χ2n) is 5.72. The van der Waals surface area contributed by atoms with E-state index in [0.717, 1.165) is 0 Å². The van der Waals surface area contributed by atoms with Crippen LogP contribution in [0.3, 0.4) is 0 Å². The highest BCUT2D eigenvalue weighted by molar-refractivity contribution is 7.93. The monoisotopic (exact) mass is 362 g/mol. The predicted molar refractivity (Wildman–Crippen MR) is 92.9 cm³/mol. The first kappa shape index (κ1) is 17.3. The lowest BCUT2D eigenvalue weighted by Crippen LogP contribution is -2.46. The molecule has 0 saturated carbocycles. The van der Waals surface area contributed by atoms with Gasteiger partial charge >= 0.3 is 0 Å². The number of benzene rings is 1. The van der Waals surface area contributed by atoms with E-state index in [1.165, 1.54) is 34.8 Å². The molecule has 0 unspecified atom stereocenters. The summed E-state index contributed by atoms with van der Waals surface area (Å²) in [6, 6.07) is 8.45. The van der Waals surface area contributed by atoms with Crippen molar-refractivity contribution in [1.82, 2.24) is 10.3 Å². The van der Waals surface area contributed by atoms with Crippen molar-refractivity contribution in [2.45, 2.75) is 23.8 Å². The summed E-state index contributed by atoms with van der Waals surface area (Å²) in [6.45, 7) is 1.38. The maximum absolute atomic E-state index is 13.3. The van der Waals surface area contributed by atoms with Gasteiger partial charge in [-0.2, -0.15) is 0 Å². The van der Waals surface area contributed by atoms with Gasteiger partial charge in [0, 0.05) is 18.3 Å². The summed E-state index contributed by atoms with van der Waals surface area (Å²) in [5.74, 6) is 0. The summed E-state index contributed by atoms with van der Waals surface area (Å²) in [5, 5.41) is 14.5. The van der Waals surface area contributed by atoms with Crippen molar-refractivity contribution in [3.05, 3.63) is 58.9 Å². The highest BCUT2D eigenvalue weighted by Gasteiger charge is 2.36. The minimum atomic E-state index is -4.11. The number of anilines is 1. The molecule has 8 nitrogen and oxygen atoms in total. The van der Waals surface area contributed by atoms with Crippen LogP contribution >= 0.6 is 0 Å². The Morgan fingerprint density at radius 3 is 2.52 bits per heavy atom. The number of piperidine rings is 1. The summed E-state index contributed by atoms with van der Waals surface area (Å²) < 4.78 is 27.9. The molecule has 2 heterocycles. The molecule has 2 aromatic rings. The summed E-state index contributed by atoms with van der Waals surface area (Å²) >= 11 is 0. The molecule has 1 N–H and O–H groups in total. The number of pyridine rings is 1. The highest BCUT2D eigenvalue weighted by atomic mass is 32.2. The molecule has 0 spiro atoms. The molecule has 9 heteroatoms. The molecule has 1 fully saturated rings. The van der Waals surface area contributed by atoms with Gasteiger partial charge in [0.1, 0.15) is 0 Å². The Balaban J connectivity index is 2.13. The molecule has 0 amide bonds. The second-order valence-corrected chi connectivity index (χ2v) is 7.50. The molecule has 0 aliphatic carbocycles. The SMILES string of the molecule is O=[N+]([O-])c1ccccc1S(=O)(=O)N(c1cccnc1)C1CCNCC1. The standard InChI is InChI=1S/C16H18N4O4S/c21-20(22)15-5-1-2-6-16(15)25(23,24)19(13-7-10-17-11-8-13)14-4-3-9-18-12-14/h1-6,9,12-13,17H,7-8,10-11H2. The van der Waals surface area contributed by atoms with Crippen molar-refractivity contribution in [3.8, 4) is 0 Å². The quantitative estimate of drug-likeness (QED) is 0.644. The molecular weight excluding hydrogens is 344 g/mol. The number of hydrogen-bond acceptors (Lipinski definition) is 6. The topological polar surface area (TPSA) is 105 Å². The van der Waals surface area contributed by atoms with E-state index in [0.29, 0.717) is 31.6 Å². The van der Waals surface area contributed by atoms with Crippen molar-refractivity contribution < 1.29 is 13.3 Å². The number of nitro benzene ring substituents is 1. The van der Waals surface area contributed by atoms with E-state index >= 15 is 0 Å². The zero-order valence-corrected chi connectivity index (χ0v) is 14.2. The van der Waals surface area contributed by atoms with Gasteiger partial charge in [0.05, 0.1) is 16.8 Å². The fraction of sp³-hybridized carbons (Fsp3) is 0.312. The highest BCUT2D eigenvalue weighted by Crippen LogP contribution is 2.32. The van der Waals surface area contributed by atoms with E-state index in [-0.39, 0.29) is 10.9 Å². The van der Waals surface area contributed by atoms with Crippen molar-refractivity contribution in [1.29, 1.82) is 0 Å². The Morgan fingerprint density at radius 1 is 1.16 bits per heavy atom. The Bertz CT molecular complexity index is 851. The van der Waals surface area contributed by atoms with Crippen molar-refractivity contribution in [2.75, 3.05) is 17.4 Å². The van der Waals surface area contributed by atoms with Crippen LogP contribution in [0.15, 0.2) is 53.7 Å². The van der Waals surface area contributed by atoms with E-state index in [1.54, 1.807) is 18.3 Å². The van der Waals surface area contributed by atoms with Crippen LogP contribution in [-0.4, -0.2) is 37.5 Å². The zero-order chi connectivity index (χ0) is 17.9. The third kappa shape index (κ3) is 3.47. The average Bonchev–Trinajstić information content (AvgIpc) is 2.63. The molecule has 0 atom stereocenters. The van der Waals surface area contributed by atoms with Crippen LogP contribution in [0.25, 0.3) is 0 Å². The summed E-state index contributed by atoms with van der Waals surface area (Å²) in [6.07, 6.45) is 4.26. The Labute approximate surface area is 145 Å². The largest absolute Gasteiger partial charge is 0.317 e. The third-order valence-corrected chi connectivity index (χ3v) is 6.07. The minimum absolute atomic E-state index is 0.282. The molecule has 132 valence electrons. The number of para-hydroxylation sites is 1. The van der Waals surface area contributed by atoms with Gasteiger partial charge in [0.15, 0.2) is 4.90 Å². The van der Waals surface area contributed by atoms with Crippen molar-refractivity contribution >= 4 is 21.4 Å². The van der Waals surface area contributed by atoms with E-state index in [9.17, 15) is 18.5 Å². The number of sulfonamides is 1. The number of nitro groups is 1. The number of rotatable bonds is 5. The molecular formula is C16H18N4O4S. The predicted octanol–water partition coefficient (Wildman–Crippen LogP) is 1.94. The van der Waals surface area contributed by atoms with Gasteiger partial charge in [0.25, 0.3) is 15.7 Å². The van der Waals surface area contributed by atoms with Crippen LogP contribution < -0.4 is 9.62 Å². The molecule has 25 heavy (non-hydrogen) atoms. The number of hydrogen-bond donors (Lipinski definition) is 1. The Kier molecular flexibility index (Phi) is 4.95. The van der Waals surface area contributed by atoms with Gasteiger partial charge in [-0.15, -0.1) is 0 Å². The summed E-state index contributed by atoms with van der Waals surface area (Å²) in [7, 11) is -4.11. The molecule has 1 aromatic heterocycles. The Morgan fingerprint density at radius 2 is 1.88 bits per heavy atom. The van der Waals surface area contributed by atoms with Crippen LogP contribution in [-0.2, 0) is 10.0 Å². The molecule has 1 aliphatic heterocycles. The van der Waals surface area contributed by atoms with Gasteiger partial charge in [-0.3, -0.25) is 19.4 Å². The normalized spacial score (nSPS) is 15.7. The number of nitrogens with zero attached hydrogens (tertiary/aromatic N) is 3. The van der Waals surface area contributed by atoms with E-state index in [2.05, 4.69) is 10.3 Å². The first-order valence-corrected chi connectivity index (χ1v) is 9.34. The summed E-state index contributed by atoms with van der Waals surface area (Å²) in [4.78, 5) is 14.3. The van der Waals surface area contributed by atoms with E-state index < -0.39 is 20.6 Å². The van der Waals surface area contributed by atoms with Gasteiger partial charge in [-0.25, -0.2) is 8.42 Å². The lowest BCUT2D eigenvalue weighted by molar-refractivity contribution is -0.387. The molecule has 1 aliphatic rings. The maximum Gasteiger partial charge on any atom is 0.289 e. The van der Waals surface area contributed by atoms with E-state index in [4.69, 9.17) is 0 Å². The number of aromatic nitrogens is 1. The Hall–Kier alpha value is -2.52. The van der Waals surface area contributed by atoms with E-state index in [1.807, 2.05) is 0 Å². The van der Waals surface area contributed by atoms with Crippen LogP contribution in [0.4, 0.5) is 11.4 Å². The second kappa shape index (κ2) is 7.16. The first-order chi connectivity index (χ1) is 12.0. The maximum atomic E-state index is 13.3. The van der Waals surface area contributed by atoms with Gasteiger partial charge in [-0.1, -0.05) is 12.1 Å². The van der Waals surface area contributed by atoms with Crippen LogP contribution in [0.5, 0.6) is 0 Å². The average molecular weight is 362 g/mol. The lowest BCUT2D eigenvalue weighted by atomic mass is 10.1. The van der Waals surface area contributed by atoms with Crippen LogP contribution in [0.1, 0.15) is 12.8 Å². The molecule has 0 radical (unpaired) electrons.